The number of hydrogen-bond acceptors (Lipinski definition) is 3. The number of carbonyl (C=O) groups excluding carboxylic acids is 1. The molecule has 0 aliphatic carbocycles. The molecule has 1 fully saturated rings. The van der Waals surface area contributed by atoms with Crippen molar-refractivity contribution in [2.45, 2.75) is 56.6 Å². The topological polar surface area (TPSA) is 35.5 Å². The molecular formula is C22H24F3O3Si. The minimum absolute atomic E-state index is 0.153. The Morgan fingerprint density at radius 3 is 2.14 bits per heavy atom. The molecule has 1 heterocycles. The van der Waals surface area contributed by atoms with E-state index in [2.05, 4.69) is 11.7 Å². The van der Waals surface area contributed by atoms with Crippen LogP contribution in [0, 0.1) is 0 Å². The summed E-state index contributed by atoms with van der Waals surface area (Å²) in [6, 6.07) is 16.4. The zero-order valence-electron chi connectivity index (χ0n) is 16.3. The fraction of sp³-hybridized carbons (Fsp3) is 0.409. The Morgan fingerprint density at radius 2 is 1.59 bits per heavy atom. The first-order valence-corrected chi connectivity index (χ1v) is 12.0. The van der Waals surface area contributed by atoms with Crippen LogP contribution in [0.4, 0.5) is 13.2 Å². The summed E-state index contributed by atoms with van der Waals surface area (Å²) in [7, 11) is -0.153. The lowest BCUT2D eigenvalue weighted by Gasteiger charge is -2.27. The highest BCUT2D eigenvalue weighted by molar-refractivity contribution is 6.59. The number of carbonyl (C=O) groups is 1. The first-order chi connectivity index (χ1) is 13.8. The van der Waals surface area contributed by atoms with E-state index in [1.54, 1.807) is 12.1 Å². The highest BCUT2D eigenvalue weighted by atomic mass is 28.3. The fourth-order valence-corrected chi connectivity index (χ4v) is 6.70. The van der Waals surface area contributed by atoms with Crippen molar-refractivity contribution in [2.24, 2.45) is 0 Å². The van der Waals surface area contributed by atoms with E-state index in [-0.39, 0.29) is 20.3 Å². The minimum atomic E-state index is -4.75. The number of hydrogen-bond donors (Lipinski definition) is 0. The summed E-state index contributed by atoms with van der Waals surface area (Å²) in [5.74, 6) is -0.186. The highest BCUT2D eigenvalue weighted by Crippen LogP contribution is 2.35. The maximum Gasteiger partial charge on any atom is 0.573 e. The summed E-state index contributed by atoms with van der Waals surface area (Å²) < 4.78 is 45.6. The molecule has 1 aliphatic rings. The van der Waals surface area contributed by atoms with Gasteiger partial charge in [-0.1, -0.05) is 43.6 Å². The molecule has 0 bridgehead atoms. The molecule has 1 radical (unpaired) electrons. The second-order valence-electron chi connectivity index (χ2n) is 7.31. The average molecular weight is 422 g/mol. The van der Waals surface area contributed by atoms with Gasteiger partial charge in [-0.15, -0.1) is 13.2 Å². The Balaban J connectivity index is 1.55. The zero-order chi connectivity index (χ0) is 20.9. The molecule has 29 heavy (non-hydrogen) atoms. The first-order valence-electron chi connectivity index (χ1n) is 9.85. The Morgan fingerprint density at radius 1 is 1.00 bits per heavy atom. The van der Waals surface area contributed by atoms with Crippen LogP contribution in [0.3, 0.4) is 0 Å². The lowest BCUT2D eigenvalue weighted by atomic mass is 9.93. The van der Waals surface area contributed by atoms with Gasteiger partial charge in [0.25, 0.3) is 0 Å². The summed E-state index contributed by atoms with van der Waals surface area (Å²) >= 11 is 0. The third-order valence-corrected chi connectivity index (χ3v) is 8.38. The van der Waals surface area contributed by atoms with Crippen LogP contribution in [0.1, 0.15) is 48.0 Å². The van der Waals surface area contributed by atoms with Gasteiger partial charge in [-0.2, -0.15) is 0 Å². The van der Waals surface area contributed by atoms with Crippen LogP contribution in [0.25, 0.3) is 0 Å². The summed E-state index contributed by atoms with van der Waals surface area (Å²) in [4.78, 5) is 12.3. The van der Waals surface area contributed by atoms with Crippen molar-refractivity contribution < 1.29 is 27.4 Å². The lowest BCUT2D eigenvalue weighted by molar-refractivity contribution is -0.274. The standard InChI is InChI=1S/C22H24F3O3Si/c1-2-13-29-14-11-17(12-15-29)16-3-5-18(6-4-16)21(26)27-19-7-9-20(10-8-19)28-22(23,24)25/h3-10,17H,2,11-15H2,1H3. The number of esters is 1. The van der Waals surface area contributed by atoms with E-state index in [4.69, 9.17) is 4.74 Å². The van der Waals surface area contributed by atoms with E-state index in [0.29, 0.717) is 11.5 Å². The molecule has 0 saturated carbocycles. The van der Waals surface area contributed by atoms with Crippen molar-refractivity contribution >= 4 is 14.8 Å². The van der Waals surface area contributed by atoms with Crippen molar-refractivity contribution in [1.82, 2.24) is 0 Å². The molecule has 0 unspecified atom stereocenters. The van der Waals surface area contributed by atoms with Gasteiger partial charge in [0.2, 0.25) is 0 Å². The Hall–Kier alpha value is -2.28. The number of benzene rings is 2. The van der Waals surface area contributed by atoms with Crippen LogP contribution in [-0.2, 0) is 0 Å². The van der Waals surface area contributed by atoms with Crippen molar-refractivity contribution in [3.8, 4) is 11.5 Å². The van der Waals surface area contributed by atoms with E-state index >= 15 is 0 Å². The first kappa shape index (κ1) is 21.4. The molecule has 3 nitrogen and oxygen atoms in total. The van der Waals surface area contributed by atoms with E-state index in [1.165, 1.54) is 55.1 Å². The molecular weight excluding hydrogens is 397 g/mol. The Bertz CT molecular complexity index is 796. The van der Waals surface area contributed by atoms with E-state index < -0.39 is 12.3 Å². The second kappa shape index (κ2) is 9.48. The molecule has 0 aromatic heterocycles. The molecule has 0 atom stereocenters. The van der Waals surface area contributed by atoms with Gasteiger partial charge >= 0.3 is 12.3 Å². The van der Waals surface area contributed by atoms with Crippen LogP contribution in [0.5, 0.6) is 11.5 Å². The molecule has 155 valence electrons. The van der Waals surface area contributed by atoms with Gasteiger partial charge in [0, 0.05) is 8.80 Å². The summed E-state index contributed by atoms with van der Waals surface area (Å²) in [6.45, 7) is 2.26. The quantitative estimate of drug-likeness (QED) is 0.300. The number of ether oxygens (including phenoxy) is 2. The molecule has 7 heteroatoms. The normalized spacial score (nSPS) is 15.9. The van der Waals surface area contributed by atoms with Crippen LogP contribution < -0.4 is 9.47 Å². The summed E-state index contributed by atoms with van der Waals surface area (Å²) in [5, 5.41) is 0. The van der Waals surface area contributed by atoms with Crippen LogP contribution in [0.15, 0.2) is 48.5 Å². The Kier molecular flexibility index (Phi) is 7.00. The fourth-order valence-electron chi connectivity index (χ4n) is 3.73. The molecule has 0 spiro atoms. The minimum Gasteiger partial charge on any atom is -0.423 e. The van der Waals surface area contributed by atoms with Crippen molar-refractivity contribution in [3.63, 3.8) is 0 Å². The molecule has 0 N–H and O–H groups in total. The molecule has 1 aliphatic heterocycles. The van der Waals surface area contributed by atoms with Crippen molar-refractivity contribution in [1.29, 1.82) is 0 Å². The second-order valence-corrected chi connectivity index (χ2v) is 10.3. The number of halogens is 3. The van der Waals surface area contributed by atoms with Crippen LogP contribution >= 0.6 is 0 Å². The average Bonchev–Trinajstić information content (AvgIpc) is 2.69. The van der Waals surface area contributed by atoms with Gasteiger partial charge in [0.05, 0.1) is 5.56 Å². The zero-order valence-corrected chi connectivity index (χ0v) is 17.3. The lowest BCUT2D eigenvalue weighted by Crippen LogP contribution is -2.20. The predicted molar refractivity (Wildman–Crippen MR) is 107 cm³/mol. The van der Waals surface area contributed by atoms with Gasteiger partial charge in [-0.3, -0.25) is 0 Å². The van der Waals surface area contributed by atoms with Crippen LogP contribution in [0.2, 0.25) is 18.1 Å². The van der Waals surface area contributed by atoms with Gasteiger partial charge in [0.1, 0.15) is 11.5 Å². The van der Waals surface area contributed by atoms with Gasteiger partial charge in [-0.25, -0.2) is 4.79 Å². The van der Waals surface area contributed by atoms with Gasteiger partial charge in [-0.05, 0) is 60.7 Å². The Labute approximate surface area is 170 Å². The third-order valence-electron chi connectivity index (χ3n) is 5.18. The monoisotopic (exact) mass is 421 g/mol. The largest absolute Gasteiger partial charge is 0.573 e. The van der Waals surface area contributed by atoms with Gasteiger partial charge in [0.15, 0.2) is 0 Å². The van der Waals surface area contributed by atoms with E-state index in [1.807, 2.05) is 12.1 Å². The maximum atomic E-state index is 12.3. The molecule has 0 amide bonds. The van der Waals surface area contributed by atoms with E-state index in [9.17, 15) is 18.0 Å². The molecule has 3 rings (SSSR count). The summed E-state index contributed by atoms with van der Waals surface area (Å²) in [5.41, 5.74) is 1.67. The molecule has 2 aromatic carbocycles. The summed E-state index contributed by atoms with van der Waals surface area (Å²) in [6.07, 6.45) is -1.01. The SMILES string of the molecule is CCC[Si]1CCC(c2ccc(C(=O)Oc3ccc(OC(F)(F)F)cc3)cc2)CC1. The maximum absolute atomic E-state index is 12.3. The highest BCUT2D eigenvalue weighted by Gasteiger charge is 2.31. The third kappa shape index (κ3) is 6.35. The van der Waals surface area contributed by atoms with Crippen LogP contribution in [-0.4, -0.2) is 21.1 Å². The molecule has 1 saturated heterocycles. The number of rotatable bonds is 6. The molecule has 2 aromatic rings. The predicted octanol–water partition coefficient (Wildman–Crippen LogP) is 6.59. The van der Waals surface area contributed by atoms with Crippen molar-refractivity contribution in [3.05, 3.63) is 59.7 Å². The van der Waals surface area contributed by atoms with Gasteiger partial charge < -0.3 is 9.47 Å². The smallest absolute Gasteiger partial charge is 0.423 e. The van der Waals surface area contributed by atoms with E-state index in [0.717, 1.165) is 12.1 Å². The number of alkyl halides is 3. The van der Waals surface area contributed by atoms with Crippen molar-refractivity contribution in [2.75, 3.05) is 0 Å².